The predicted octanol–water partition coefficient (Wildman–Crippen LogP) is 3.29. The van der Waals surface area contributed by atoms with E-state index in [1.807, 2.05) is 0 Å². The summed E-state index contributed by atoms with van der Waals surface area (Å²) in [5.41, 5.74) is 6.12. The van der Waals surface area contributed by atoms with Gasteiger partial charge in [-0.3, -0.25) is 0 Å². The van der Waals surface area contributed by atoms with Crippen LogP contribution < -0.4 is 0 Å². The first-order chi connectivity index (χ1) is 12.8. The van der Waals surface area contributed by atoms with Gasteiger partial charge < -0.3 is 15.0 Å². The highest BCUT2D eigenvalue weighted by molar-refractivity contribution is 6.37. The molecule has 0 aliphatic heterocycles. The van der Waals surface area contributed by atoms with Crippen LogP contribution in [0.1, 0.15) is 17.0 Å². The van der Waals surface area contributed by atoms with Crippen LogP contribution in [0.4, 0.5) is 26.3 Å². The molecule has 0 aromatic heterocycles. The number of carbonyl (C=O) groups excluding carboxylic acids is 2. The van der Waals surface area contributed by atoms with Gasteiger partial charge in [0.15, 0.2) is 6.61 Å². The number of rotatable bonds is 6. The summed E-state index contributed by atoms with van der Waals surface area (Å²) in [6.07, 6.45) is -9.58. The van der Waals surface area contributed by atoms with Gasteiger partial charge in [0, 0.05) is 5.57 Å². The second-order valence-electron chi connectivity index (χ2n) is 5.25. The molecule has 0 fully saturated rings. The van der Waals surface area contributed by atoms with Crippen LogP contribution >= 0.6 is 0 Å². The van der Waals surface area contributed by atoms with E-state index in [0.29, 0.717) is 12.1 Å². The molecule has 1 atom stereocenters. The van der Waals surface area contributed by atoms with Gasteiger partial charge in [0.1, 0.15) is 5.92 Å². The van der Waals surface area contributed by atoms with E-state index in [1.165, 1.54) is 0 Å². The molecule has 0 aliphatic carbocycles. The monoisotopic (exact) mass is 410 g/mol. The van der Waals surface area contributed by atoms with Crippen molar-refractivity contribution in [2.24, 2.45) is 0 Å². The summed E-state index contributed by atoms with van der Waals surface area (Å²) >= 11 is 0. The molecule has 0 N–H and O–H groups in total. The fourth-order valence-electron chi connectivity index (χ4n) is 2.08. The molecular formula is C16H12F6N2O4. The highest BCUT2D eigenvalue weighted by Gasteiger charge is 2.41. The number of hydrogen-bond donors (Lipinski definition) is 0. The summed E-state index contributed by atoms with van der Waals surface area (Å²) in [6, 6.07) is 2.87. The van der Waals surface area contributed by atoms with Crippen molar-refractivity contribution in [3.05, 3.63) is 53.1 Å². The van der Waals surface area contributed by atoms with Crippen molar-refractivity contribution in [2.75, 3.05) is 13.7 Å². The minimum absolute atomic E-state index is 0.208. The van der Waals surface area contributed by atoms with Gasteiger partial charge in [-0.05, 0) is 17.7 Å². The molecule has 0 spiro atoms. The molecular weight excluding hydrogens is 398 g/mol. The Balaban J connectivity index is 3.35. The largest absolute Gasteiger partial charge is 0.466 e. The summed E-state index contributed by atoms with van der Waals surface area (Å²) in [6.45, 7) is 1.30. The van der Waals surface area contributed by atoms with Crippen LogP contribution in [0.5, 0.6) is 0 Å². The maximum atomic E-state index is 12.7. The molecule has 1 aromatic carbocycles. The van der Waals surface area contributed by atoms with Gasteiger partial charge in [-0.25, -0.2) is 9.59 Å². The number of hydrogen-bond acceptors (Lipinski definition) is 4. The molecule has 0 saturated carbocycles. The van der Waals surface area contributed by atoms with Crippen molar-refractivity contribution in [1.29, 1.82) is 0 Å². The minimum atomic E-state index is -4.89. The number of methoxy groups -OCH3 is 1. The van der Waals surface area contributed by atoms with E-state index in [1.54, 1.807) is 0 Å². The highest BCUT2D eigenvalue weighted by Crippen LogP contribution is 2.32. The first-order valence-electron chi connectivity index (χ1n) is 7.22. The van der Waals surface area contributed by atoms with Crippen molar-refractivity contribution in [2.45, 2.75) is 18.3 Å². The second kappa shape index (κ2) is 8.70. The van der Waals surface area contributed by atoms with Crippen LogP contribution in [0.25, 0.3) is 5.53 Å². The smallest absolute Gasteiger partial charge is 0.422 e. The average Bonchev–Trinajstić information content (AvgIpc) is 2.61. The Labute approximate surface area is 154 Å². The number of carbonyl (C=O) groups is 2. The van der Waals surface area contributed by atoms with E-state index < -0.39 is 53.7 Å². The highest BCUT2D eigenvalue weighted by atomic mass is 19.4. The van der Waals surface area contributed by atoms with Gasteiger partial charge in [0.05, 0.1) is 12.7 Å². The van der Waals surface area contributed by atoms with Gasteiger partial charge >= 0.3 is 30.0 Å². The molecule has 152 valence electrons. The molecule has 28 heavy (non-hydrogen) atoms. The zero-order valence-electron chi connectivity index (χ0n) is 14.1. The number of nitrogens with zero attached hydrogens (tertiary/aromatic N) is 2. The van der Waals surface area contributed by atoms with E-state index in [2.05, 4.69) is 20.8 Å². The van der Waals surface area contributed by atoms with E-state index in [4.69, 9.17) is 5.53 Å². The lowest BCUT2D eigenvalue weighted by atomic mass is 9.87. The lowest BCUT2D eigenvalue weighted by Gasteiger charge is -2.16. The number of esters is 2. The van der Waals surface area contributed by atoms with Crippen molar-refractivity contribution < 1.29 is 50.2 Å². The van der Waals surface area contributed by atoms with Crippen molar-refractivity contribution in [3.63, 3.8) is 0 Å². The maximum Gasteiger partial charge on any atom is 0.422 e. The summed E-state index contributed by atoms with van der Waals surface area (Å²) in [5.74, 6) is -4.62. The molecule has 0 heterocycles. The Morgan fingerprint density at radius 2 is 1.64 bits per heavy atom. The number of benzene rings is 1. The molecule has 0 unspecified atom stereocenters. The molecule has 0 amide bonds. The van der Waals surface area contributed by atoms with E-state index in [9.17, 15) is 35.9 Å². The van der Waals surface area contributed by atoms with Crippen molar-refractivity contribution in [3.8, 4) is 0 Å². The number of alkyl halides is 6. The Hall–Kier alpha value is -3.14. The molecule has 12 heteroatoms. The predicted molar refractivity (Wildman–Crippen MR) is 81.0 cm³/mol. The Morgan fingerprint density at radius 3 is 2.04 bits per heavy atom. The lowest BCUT2D eigenvalue weighted by Crippen LogP contribution is -2.32. The van der Waals surface area contributed by atoms with Crippen LogP contribution in [0.15, 0.2) is 36.4 Å². The van der Waals surface area contributed by atoms with Gasteiger partial charge in [0.25, 0.3) is 0 Å². The van der Waals surface area contributed by atoms with E-state index >= 15 is 0 Å². The zero-order chi connectivity index (χ0) is 21.7. The number of ether oxygens (including phenoxy) is 2. The third-order valence-electron chi connectivity index (χ3n) is 3.32. The van der Waals surface area contributed by atoms with Gasteiger partial charge in [-0.2, -0.15) is 31.1 Å². The summed E-state index contributed by atoms with van der Waals surface area (Å²) in [4.78, 5) is 26.2. The SMILES string of the molecule is C=C(C(=O)OC)[C@@H](C(=[N+]=[N-])C(=O)OCC(F)(F)F)c1ccc(C(F)(F)F)cc1. The quantitative estimate of drug-likeness (QED) is 0.180. The standard InChI is InChI=1S/C16H12F6N2O4/c1-8(13(25)27-2)11(9-3-5-10(6-4-9)16(20,21)22)12(24-23)14(26)28-7-15(17,18)19/h3-6,11H,1,7H2,2H3/t11-/m1/s1. The molecule has 0 radical (unpaired) electrons. The van der Waals surface area contributed by atoms with Gasteiger partial charge in [-0.1, -0.05) is 18.7 Å². The van der Waals surface area contributed by atoms with Crippen molar-refractivity contribution >= 4 is 17.7 Å². The van der Waals surface area contributed by atoms with Crippen LogP contribution in [-0.4, -0.2) is 42.3 Å². The van der Waals surface area contributed by atoms with E-state index in [0.717, 1.165) is 19.2 Å². The minimum Gasteiger partial charge on any atom is -0.466 e. The molecule has 6 nitrogen and oxygen atoms in total. The second-order valence-corrected chi connectivity index (χ2v) is 5.25. The molecule has 0 aliphatic rings. The molecule has 0 saturated heterocycles. The average molecular weight is 410 g/mol. The molecule has 1 aromatic rings. The fraction of sp³-hybridized carbons (Fsp3) is 0.312. The van der Waals surface area contributed by atoms with Gasteiger partial charge in [0.2, 0.25) is 0 Å². The van der Waals surface area contributed by atoms with Crippen LogP contribution in [0, 0.1) is 0 Å². The maximum absolute atomic E-state index is 12.7. The first kappa shape index (κ1) is 22.9. The molecule has 1 rings (SSSR count). The van der Waals surface area contributed by atoms with Crippen molar-refractivity contribution in [1.82, 2.24) is 0 Å². The van der Waals surface area contributed by atoms with Crippen LogP contribution in [0.3, 0.4) is 0 Å². The Bertz CT molecular complexity index is 808. The fourth-order valence-corrected chi connectivity index (χ4v) is 2.08. The molecule has 0 bridgehead atoms. The van der Waals surface area contributed by atoms with Crippen LogP contribution in [-0.2, 0) is 25.2 Å². The van der Waals surface area contributed by atoms with E-state index in [-0.39, 0.29) is 5.56 Å². The van der Waals surface area contributed by atoms with Gasteiger partial charge in [-0.15, -0.1) is 0 Å². The summed E-state index contributed by atoms with van der Waals surface area (Å²) in [7, 11) is 0.926. The first-order valence-corrected chi connectivity index (χ1v) is 7.22. The topological polar surface area (TPSA) is 89.0 Å². The van der Waals surface area contributed by atoms with Crippen LogP contribution in [0.2, 0.25) is 0 Å². The Morgan fingerprint density at radius 1 is 1.11 bits per heavy atom. The summed E-state index contributed by atoms with van der Waals surface area (Å²) in [5, 5.41) is 0. The lowest BCUT2D eigenvalue weighted by molar-refractivity contribution is -0.183. The Kier molecular flexibility index (Phi) is 7.11. The third-order valence-corrected chi connectivity index (χ3v) is 3.32. The third kappa shape index (κ3) is 5.95. The normalized spacial score (nSPS) is 12.5. The zero-order valence-corrected chi connectivity index (χ0v) is 14.1. The number of halogens is 6. The summed E-state index contributed by atoms with van der Waals surface area (Å²) < 4.78 is 83.1.